The first-order valence-corrected chi connectivity index (χ1v) is 9.50. The van der Waals surface area contributed by atoms with Crippen molar-refractivity contribution >= 4 is 11.1 Å². The second-order valence-corrected chi connectivity index (χ2v) is 7.22. The van der Waals surface area contributed by atoms with Crippen molar-refractivity contribution in [1.82, 2.24) is 9.47 Å². The maximum absolute atomic E-state index is 12.1. The number of fused-ring (bicyclic) bond motifs is 1. The molecule has 2 aromatic rings. The monoisotopic (exact) mass is 330 g/mol. The number of aromatic nitrogens is 1. The van der Waals surface area contributed by atoms with Gasteiger partial charge in [-0.1, -0.05) is 38.3 Å². The zero-order valence-electron chi connectivity index (χ0n) is 15.1. The van der Waals surface area contributed by atoms with E-state index in [2.05, 4.69) is 11.8 Å². The average molecular weight is 330 g/mol. The van der Waals surface area contributed by atoms with Crippen LogP contribution in [0, 0.1) is 12.8 Å². The lowest BCUT2D eigenvalue weighted by Crippen LogP contribution is -2.35. The molecule has 132 valence electrons. The van der Waals surface area contributed by atoms with Crippen LogP contribution in [-0.4, -0.2) is 29.1 Å². The average Bonchev–Trinajstić information content (AvgIpc) is 2.92. The van der Waals surface area contributed by atoms with Crippen LogP contribution in [0.3, 0.4) is 0 Å². The maximum atomic E-state index is 12.1. The van der Waals surface area contributed by atoms with Gasteiger partial charge in [0.2, 0.25) is 0 Å². The Hall–Kier alpha value is -1.55. The molecule has 3 rings (SSSR count). The SMILES string of the molecule is CCCCC1CCN(CCCn2c(=O)oc3c(C)cccc32)CC1. The molecule has 1 aromatic heterocycles. The molecular weight excluding hydrogens is 300 g/mol. The first-order chi connectivity index (χ1) is 11.7. The zero-order valence-corrected chi connectivity index (χ0v) is 15.1. The molecular formula is C20H30N2O2. The smallest absolute Gasteiger partial charge is 0.407 e. The molecule has 1 aliphatic heterocycles. The van der Waals surface area contributed by atoms with Crippen LogP contribution < -0.4 is 5.76 Å². The van der Waals surface area contributed by atoms with Gasteiger partial charge in [0.05, 0.1) is 5.52 Å². The number of piperidine rings is 1. The Morgan fingerprint density at radius 2 is 1.96 bits per heavy atom. The van der Waals surface area contributed by atoms with Crippen molar-refractivity contribution < 1.29 is 4.42 Å². The van der Waals surface area contributed by atoms with E-state index in [1.807, 2.05) is 25.1 Å². The van der Waals surface area contributed by atoms with Crippen molar-refractivity contribution in [3.05, 3.63) is 34.3 Å². The summed E-state index contributed by atoms with van der Waals surface area (Å²) in [5.74, 6) is 0.710. The summed E-state index contributed by atoms with van der Waals surface area (Å²) >= 11 is 0. The largest absolute Gasteiger partial charge is 0.419 e. The lowest BCUT2D eigenvalue weighted by atomic mass is 9.91. The molecule has 4 nitrogen and oxygen atoms in total. The summed E-state index contributed by atoms with van der Waals surface area (Å²) in [4.78, 5) is 14.7. The van der Waals surface area contributed by atoms with E-state index in [9.17, 15) is 4.79 Å². The van der Waals surface area contributed by atoms with Crippen molar-refractivity contribution in [3.8, 4) is 0 Å². The minimum Gasteiger partial charge on any atom is -0.407 e. The molecule has 0 saturated carbocycles. The third-order valence-corrected chi connectivity index (χ3v) is 5.42. The van der Waals surface area contributed by atoms with Crippen LogP contribution in [0.25, 0.3) is 11.1 Å². The number of para-hydroxylation sites is 1. The van der Waals surface area contributed by atoms with Gasteiger partial charge in [0.25, 0.3) is 0 Å². The van der Waals surface area contributed by atoms with Crippen molar-refractivity contribution in [2.75, 3.05) is 19.6 Å². The van der Waals surface area contributed by atoms with Crippen LogP contribution in [0.4, 0.5) is 0 Å². The molecule has 0 N–H and O–H groups in total. The highest BCUT2D eigenvalue weighted by Gasteiger charge is 2.18. The number of likely N-dealkylation sites (tertiary alicyclic amines) is 1. The van der Waals surface area contributed by atoms with E-state index in [1.165, 1.54) is 45.2 Å². The van der Waals surface area contributed by atoms with E-state index in [-0.39, 0.29) is 5.76 Å². The van der Waals surface area contributed by atoms with Gasteiger partial charge < -0.3 is 9.32 Å². The Morgan fingerprint density at radius 3 is 2.71 bits per heavy atom. The van der Waals surface area contributed by atoms with E-state index in [1.54, 1.807) is 4.57 Å². The minimum absolute atomic E-state index is 0.224. The van der Waals surface area contributed by atoms with E-state index >= 15 is 0 Å². The first kappa shape index (κ1) is 17.3. The summed E-state index contributed by atoms with van der Waals surface area (Å²) in [6.45, 7) is 8.51. The molecule has 0 unspecified atom stereocenters. The van der Waals surface area contributed by atoms with Crippen molar-refractivity contribution in [2.45, 2.75) is 58.9 Å². The summed E-state index contributed by atoms with van der Waals surface area (Å²) in [5.41, 5.74) is 2.69. The lowest BCUT2D eigenvalue weighted by Gasteiger charge is -2.31. The number of unbranched alkanes of at least 4 members (excludes halogenated alkanes) is 1. The van der Waals surface area contributed by atoms with Crippen molar-refractivity contribution in [3.63, 3.8) is 0 Å². The van der Waals surface area contributed by atoms with Crippen LogP contribution in [-0.2, 0) is 6.54 Å². The summed E-state index contributed by atoms with van der Waals surface area (Å²) in [6, 6.07) is 5.95. The highest BCUT2D eigenvalue weighted by atomic mass is 16.4. The summed E-state index contributed by atoms with van der Waals surface area (Å²) < 4.78 is 7.21. The second kappa shape index (κ2) is 8.02. The van der Waals surface area contributed by atoms with Crippen LogP contribution in [0.2, 0.25) is 0 Å². The summed E-state index contributed by atoms with van der Waals surface area (Å²) in [5, 5.41) is 0. The van der Waals surface area contributed by atoms with Gasteiger partial charge in [-0.25, -0.2) is 4.79 Å². The molecule has 0 atom stereocenters. The van der Waals surface area contributed by atoms with Gasteiger partial charge in [-0.2, -0.15) is 0 Å². The Bertz CT molecular complexity index is 708. The standard InChI is InChI=1S/C20H30N2O2/c1-3-4-8-17-10-14-21(15-11-17)12-6-13-22-18-9-5-7-16(2)19(18)24-20(22)23/h5,7,9,17H,3-4,6,8,10-15H2,1-2H3. The molecule has 0 radical (unpaired) electrons. The number of aryl methyl sites for hydroxylation is 2. The molecule has 2 heterocycles. The molecule has 1 aromatic carbocycles. The van der Waals surface area contributed by atoms with Gasteiger partial charge in [0.15, 0.2) is 5.58 Å². The molecule has 1 saturated heterocycles. The molecule has 1 aliphatic rings. The van der Waals surface area contributed by atoms with Crippen molar-refractivity contribution in [1.29, 1.82) is 0 Å². The predicted molar refractivity (Wildman–Crippen MR) is 98.5 cm³/mol. The van der Waals surface area contributed by atoms with Crippen molar-refractivity contribution in [2.24, 2.45) is 5.92 Å². The number of hydrogen-bond acceptors (Lipinski definition) is 3. The Balaban J connectivity index is 1.50. The van der Waals surface area contributed by atoms with E-state index in [4.69, 9.17) is 4.42 Å². The van der Waals surface area contributed by atoms with Crippen LogP contribution in [0.1, 0.15) is 51.0 Å². The fraction of sp³-hybridized carbons (Fsp3) is 0.650. The second-order valence-electron chi connectivity index (χ2n) is 7.22. The fourth-order valence-corrected chi connectivity index (χ4v) is 3.88. The molecule has 0 bridgehead atoms. The third-order valence-electron chi connectivity index (χ3n) is 5.42. The van der Waals surface area contributed by atoms with Crippen LogP contribution >= 0.6 is 0 Å². The van der Waals surface area contributed by atoms with Gasteiger partial charge >= 0.3 is 5.76 Å². The van der Waals surface area contributed by atoms with E-state index in [0.717, 1.165) is 42.1 Å². The zero-order chi connectivity index (χ0) is 16.9. The van der Waals surface area contributed by atoms with E-state index in [0.29, 0.717) is 0 Å². The molecule has 0 aliphatic carbocycles. The summed E-state index contributed by atoms with van der Waals surface area (Å²) in [7, 11) is 0. The van der Waals surface area contributed by atoms with Gasteiger partial charge in [-0.15, -0.1) is 0 Å². The highest BCUT2D eigenvalue weighted by Crippen LogP contribution is 2.23. The van der Waals surface area contributed by atoms with Crippen LogP contribution in [0.15, 0.2) is 27.4 Å². The van der Waals surface area contributed by atoms with Crippen LogP contribution in [0.5, 0.6) is 0 Å². The Kier molecular flexibility index (Phi) is 5.77. The normalized spacial score (nSPS) is 16.9. The lowest BCUT2D eigenvalue weighted by molar-refractivity contribution is 0.173. The number of rotatable bonds is 7. The molecule has 0 amide bonds. The van der Waals surface area contributed by atoms with Gasteiger partial charge in [0, 0.05) is 6.54 Å². The number of hydrogen-bond donors (Lipinski definition) is 0. The maximum Gasteiger partial charge on any atom is 0.419 e. The summed E-state index contributed by atoms with van der Waals surface area (Å²) in [6.07, 6.45) is 7.78. The minimum atomic E-state index is -0.224. The Morgan fingerprint density at radius 1 is 1.17 bits per heavy atom. The third kappa shape index (κ3) is 3.92. The molecule has 0 spiro atoms. The molecule has 1 fully saturated rings. The topological polar surface area (TPSA) is 38.4 Å². The van der Waals surface area contributed by atoms with Gasteiger partial charge in [-0.05, 0) is 63.4 Å². The highest BCUT2D eigenvalue weighted by molar-refractivity contribution is 5.76. The first-order valence-electron chi connectivity index (χ1n) is 9.50. The Labute approximate surface area is 144 Å². The fourth-order valence-electron chi connectivity index (χ4n) is 3.88. The number of nitrogens with zero attached hydrogens (tertiary/aromatic N) is 2. The quantitative estimate of drug-likeness (QED) is 0.764. The van der Waals surface area contributed by atoms with Gasteiger partial charge in [-0.3, -0.25) is 4.57 Å². The van der Waals surface area contributed by atoms with Gasteiger partial charge in [0.1, 0.15) is 0 Å². The number of benzene rings is 1. The van der Waals surface area contributed by atoms with E-state index < -0.39 is 0 Å². The predicted octanol–water partition coefficient (Wildman–Crippen LogP) is 4.20. The molecule has 4 heteroatoms. The number of oxazole rings is 1. The molecule has 24 heavy (non-hydrogen) atoms.